The van der Waals surface area contributed by atoms with Crippen molar-refractivity contribution in [2.24, 2.45) is 0 Å². The summed E-state index contributed by atoms with van der Waals surface area (Å²) in [5, 5.41) is 0. The Kier molecular flexibility index (Phi) is 6.17. The minimum absolute atomic E-state index is 0.549. The van der Waals surface area contributed by atoms with Gasteiger partial charge in [-0.2, -0.15) is 0 Å². The highest BCUT2D eigenvalue weighted by Crippen LogP contribution is 2.15. The van der Waals surface area contributed by atoms with E-state index >= 15 is 0 Å². The Morgan fingerprint density at radius 3 is 1.85 bits per heavy atom. The normalized spacial score (nSPS) is 15.0. The molecule has 0 fully saturated rings. The van der Waals surface area contributed by atoms with Crippen molar-refractivity contribution < 1.29 is 0 Å². The summed E-state index contributed by atoms with van der Waals surface area (Å²) in [5.41, 5.74) is 0. The average Bonchev–Trinajstić information content (AvgIpc) is 2.02. The highest BCUT2D eigenvalue weighted by molar-refractivity contribution is 6.77. The Bertz CT molecular complexity index is 127. The van der Waals surface area contributed by atoms with E-state index in [1.54, 1.807) is 0 Å². The van der Waals surface area contributed by atoms with E-state index in [0.717, 1.165) is 0 Å². The lowest BCUT2D eigenvalue weighted by Crippen LogP contribution is -2.37. The summed E-state index contributed by atoms with van der Waals surface area (Å²) < 4.78 is 2.69. The SMILES string of the molecule is CCN(CC)[SiH](C)CC[Si](C)(C)C. The summed E-state index contributed by atoms with van der Waals surface area (Å²) >= 11 is 0. The summed E-state index contributed by atoms with van der Waals surface area (Å²) in [4.78, 5) is 0. The Morgan fingerprint density at radius 2 is 1.54 bits per heavy atom. The third-order valence-electron chi connectivity index (χ3n) is 2.75. The van der Waals surface area contributed by atoms with Crippen LogP contribution in [-0.2, 0) is 0 Å². The molecule has 0 aliphatic carbocycles. The maximum absolute atomic E-state index is 2.69. The minimum atomic E-state index is -0.783. The van der Waals surface area contributed by atoms with Crippen molar-refractivity contribution in [2.45, 2.75) is 52.1 Å². The van der Waals surface area contributed by atoms with Crippen LogP contribution in [0.15, 0.2) is 0 Å². The molecule has 0 bridgehead atoms. The lowest BCUT2D eigenvalue weighted by molar-refractivity contribution is 0.480. The second-order valence-electron chi connectivity index (χ2n) is 5.17. The molecule has 0 amide bonds. The maximum Gasteiger partial charge on any atom is 0.108 e. The van der Waals surface area contributed by atoms with Crippen molar-refractivity contribution in [1.82, 2.24) is 4.57 Å². The Balaban J connectivity index is 3.78. The molecule has 0 saturated heterocycles. The van der Waals surface area contributed by atoms with Gasteiger partial charge in [0.15, 0.2) is 0 Å². The van der Waals surface area contributed by atoms with E-state index in [0.29, 0.717) is 0 Å². The first-order valence-electron chi connectivity index (χ1n) is 5.64. The first-order chi connectivity index (χ1) is 5.90. The van der Waals surface area contributed by atoms with E-state index in [2.05, 4.69) is 44.6 Å². The van der Waals surface area contributed by atoms with E-state index < -0.39 is 17.0 Å². The van der Waals surface area contributed by atoms with Gasteiger partial charge < -0.3 is 4.57 Å². The van der Waals surface area contributed by atoms with Gasteiger partial charge >= 0.3 is 0 Å². The molecule has 0 aliphatic rings. The van der Waals surface area contributed by atoms with E-state index in [-0.39, 0.29) is 0 Å². The van der Waals surface area contributed by atoms with Gasteiger partial charge in [-0.1, -0.05) is 46.1 Å². The van der Waals surface area contributed by atoms with Crippen LogP contribution in [-0.4, -0.2) is 34.7 Å². The van der Waals surface area contributed by atoms with E-state index in [1.807, 2.05) is 0 Å². The number of hydrogen-bond donors (Lipinski definition) is 0. The molecule has 0 spiro atoms. The standard InChI is InChI=1S/C10H27NSi2/c1-7-11(8-2)12(3)9-10-13(4,5)6/h12H,7-10H2,1-6H3. The zero-order chi connectivity index (χ0) is 10.5. The molecular weight excluding hydrogens is 190 g/mol. The van der Waals surface area contributed by atoms with Gasteiger partial charge in [-0.3, -0.25) is 0 Å². The molecule has 0 N–H and O–H groups in total. The van der Waals surface area contributed by atoms with Gasteiger partial charge in [-0.15, -0.1) is 0 Å². The molecule has 3 heteroatoms. The van der Waals surface area contributed by atoms with Crippen LogP contribution >= 0.6 is 0 Å². The van der Waals surface area contributed by atoms with Crippen LogP contribution in [0.2, 0.25) is 38.3 Å². The second kappa shape index (κ2) is 5.99. The van der Waals surface area contributed by atoms with Crippen molar-refractivity contribution in [3.05, 3.63) is 0 Å². The molecule has 0 aromatic carbocycles. The smallest absolute Gasteiger partial charge is 0.108 e. The predicted octanol–water partition coefficient (Wildman–Crippen LogP) is 3.02. The summed E-state index contributed by atoms with van der Waals surface area (Å²) in [5.74, 6) is 0. The quantitative estimate of drug-likeness (QED) is 0.618. The van der Waals surface area contributed by atoms with E-state index in [9.17, 15) is 0 Å². The van der Waals surface area contributed by atoms with Crippen molar-refractivity contribution in [2.75, 3.05) is 13.1 Å². The minimum Gasteiger partial charge on any atom is -0.327 e. The fourth-order valence-electron chi connectivity index (χ4n) is 1.67. The number of nitrogens with zero attached hydrogens (tertiary/aromatic N) is 1. The van der Waals surface area contributed by atoms with Gasteiger partial charge in [-0.05, 0) is 19.1 Å². The molecule has 80 valence electrons. The average molecular weight is 218 g/mol. The van der Waals surface area contributed by atoms with Crippen molar-refractivity contribution in [1.29, 1.82) is 0 Å². The first-order valence-corrected chi connectivity index (χ1v) is 11.8. The highest BCUT2D eigenvalue weighted by atomic mass is 28.3. The van der Waals surface area contributed by atoms with Gasteiger partial charge in [0.2, 0.25) is 0 Å². The third-order valence-corrected chi connectivity index (χ3v) is 8.22. The van der Waals surface area contributed by atoms with Crippen LogP contribution in [0, 0.1) is 0 Å². The Morgan fingerprint density at radius 1 is 1.08 bits per heavy atom. The second-order valence-corrected chi connectivity index (χ2v) is 13.8. The zero-order valence-corrected chi connectivity index (χ0v) is 12.5. The molecule has 0 radical (unpaired) electrons. The van der Waals surface area contributed by atoms with Crippen LogP contribution in [0.4, 0.5) is 0 Å². The topological polar surface area (TPSA) is 3.24 Å². The molecule has 1 nitrogen and oxygen atoms in total. The first kappa shape index (κ1) is 13.4. The molecule has 1 atom stereocenters. The molecule has 13 heavy (non-hydrogen) atoms. The summed E-state index contributed by atoms with van der Waals surface area (Å²) in [6.45, 7) is 17.1. The van der Waals surface area contributed by atoms with Gasteiger partial charge in [-0.25, -0.2) is 0 Å². The maximum atomic E-state index is 2.69. The van der Waals surface area contributed by atoms with Crippen molar-refractivity contribution in [3.8, 4) is 0 Å². The van der Waals surface area contributed by atoms with Gasteiger partial charge in [0, 0.05) is 8.07 Å². The number of rotatable bonds is 6. The molecule has 0 aromatic rings. The molecule has 0 rings (SSSR count). The lowest BCUT2D eigenvalue weighted by atomic mass is 10.7. The Labute approximate surface area is 87.2 Å². The number of hydrogen-bond acceptors (Lipinski definition) is 1. The summed E-state index contributed by atoms with van der Waals surface area (Å²) in [6.07, 6.45) is 0. The van der Waals surface area contributed by atoms with Gasteiger partial charge in [0.1, 0.15) is 8.96 Å². The zero-order valence-electron chi connectivity index (χ0n) is 10.4. The van der Waals surface area contributed by atoms with Crippen LogP contribution in [0.5, 0.6) is 0 Å². The summed E-state index contributed by atoms with van der Waals surface area (Å²) in [6, 6.07) is 3.05. The molecule has 1 unspecified atom stereocenters. The fourth-order valence-corrected chi connectivity index (χ4v) is 8.42. The largest absolute Gasteiger partial charge is 0.327 e. The highest BCUT2D eigenvalue weighted by Gasteiger charge is 2.17. The fraction of sp³-hybridized carbons (Fsp3) is 1.00. The van der Waals surface area contributed by atoms with Crippen LogP contribution in [0.1, 0.15) is 13.8 Å². The van der Waals surface area contributed by atoms with Crippen LogP contribution in [0.25, 0.3) is 0 Å². The van der Waals surface area contributed by atoms with E-state index in [1.165, 1.54) is 25.2 Å². The Hall–Kier alpha value is 0.394. The lowest BCUT2D eigenvalue weighted by Gasteiger charge is -2.27. The monoisotopic (exact) mass is 217 g/mol. The van der Waals surface area contributed by atoms with Gasteiger partial charge in [0.25, 0.3) is 0 Å². The van der Waals surface area contributed by atoms with Crippen LogP contribution in [0.3, 0.4) is 0 Å². The molecule has 0 heterocycles. The van der Waals surface area contributed by atoms with Gasteiger partial charge in [0.05, 0.1) is 0 Å². The van der Waals surface area contributed by atoms with Crippen molar-refractivity contribution in [3.63, 3.8) is 0 Å². The third kappa shape index (κ3) is 6.46. The van der Waals surface area contributed by atoms with Crippen molar-refractivity contribution >= 4 is 17.0 Å². The molecule has 0 saturated carbocycles. The molecular formula is C10H27NSi2. The van der Waals surface area contributed by atoms with E-state index in [4.69, 9.17) is 0 Å². The predicted molar refractivity (Wildman–Crippen MR) is 68.9 cm³/mol. The molecule has 0 aromatic heterocycles. The summed E-state index contributed by atoms with van der Waals surface area (Å²) in [7, 11) is -1.33. The van der Waals surface area contributed by atoms with Crippen LogP contribution < -0.4 is 0 Å². The molecule has 0 aliphatic heterocycles.